The van der Waals surface area contributed by atoms with Crippen molar-refractivity contribution in [2.45, 2.75) is 32.2 Å². The van der Waals surface area contributed by atoms with Crippen molar-refractivity contribution >= 4 is 17.7 Å². The van der Waals surface area contributed by atoms with Crippen LogP contribution in [0.25, 0.3) is 0 Å². The minimum absolute atomic E-state index is 0.00482. The number of benzene rings is 1. The van der Waals surface area contributed by atoms with Crippen molar-refractivity contribution in [1.29, 1.82) is 0 Å². The molecule has 0 saturated carbocycles. The Morgan fingerprint density at radius 1 is 1.29 bits per heavy atom. The van der Waals surface area contributed by atoms with Crippen molar-refractivity contribution in [2.24, 2.45) is 0 Å². The van der Waals surface area contributed by atoms with Gasteiger partial charge in [0.25, 0.3) is 0 Å². The van der Waals surface area contributed by atoms with Crippen LogP contribution in [-0.2, 0) is 11.2 Å². The lowest BCUT2D eigenvalue weighted by atomic mass is 10.1. The van der Waals surface area contributed by atoms with E-state index >= 15 is 0 Å². The molecule has 0 unspecified atom stereocenters. The highest BCUT2D eigenvalue weighted by atomic mass is 16.4. The molecule has 6 heteroatoms. The van der Waals surface area contributed by atoms with E-state index in [4.69, 9.17) is 5.11 Å². The number of aliphatic hydroxyl groups excluding tert-OH is 1. The fourth-order valence-corrected chi connectivity index (χ4v) is 1.68. The van der Waals surface area contributed by atoms with Crippen LogP contribution >= 0.6 is 0 Å². The van der Waals surface area contributed by atoms with Crippen molar-refractivity contribution in [3.63, 3.8) is 0 Å². The minimum atomic E-state index is -0.880. The Labute approximate surface area is 124 Å². The number of para-hydroxylation sites is 1. The zero-order chi connectivity index (χ0) is 16.0. The molecular weight excluding hydrogens is 272 g/mol. The van der Waals surface area contributed by atoms with E-state index in [9.17, 15) is 14.7 Å². The maximum Gasteiger partial charge on any atom is 0.322 e. The van der Waals surface area contributed by atoms with Gasteiger partial charge in [-0.15, -0.1) is 0 Å². The van der Waals surface area contributed by atoms with Crippen LogP contribution in [0.3, 0.4) is 0 Å². The molecule has 0 heterocycles. The van der Waals surface area contributed by atoms with Crippen LogP contribution < -0.4 is 5.32 Å². The van der Waals surface area contributed by atoms with Gasteiger partial charge in [-0.3, -0.25) is 4.79 Å². The van der Waals surface area contributed by atoms with E-state index in [0.717, 1.165) is 5.56 Å². The molecular formula is C15H22N2O4. The number of nitrogens with zero attached hydrogens (tertiary/aromatic N) is 1. The number of aliphatic hydroxyl groups is 1. The summed E-state index contributed by atoms with van der Waals surface area (Å²) < 4.78 is 0. The van der Waals surface area contributed by atoms with Gasteiger partial charge < -0.3 is 20.4 Å². The van der Waals surface area contributed by atoms with Crippen LogP contribution in [0.1, 0.15) is 25.8 Å². The van der Waals surface area contributed by atoms with Crippen LogP contribution in [0, 0.1) is 0 Å². The zero-order valence-electron chi connectivity index (χ0n) is 12.6. The number of aryl methyl sites for hydroxylation is 1. The highest BCUT2D eigenvalue weighted by molar-refractivity contribution is 5.90. The molecule has 0 aliphatic rings. The van der Waals surface area contributed by atoms with Crippen molar-refractivity contribution in [3.05, 3.63) is 29.8 Å². The molecule has 2 amide bonds. The molecule has 0 atom stereocenters. The van der Waals surface area contributed by atoms with Gasteiger partial charge in [0.1, 0.15) is 0 Å². The smallest absolute Gasteiger partial charge is 0.322 e. The van der Waals surface area contributed by atoms with E-state index < -0.39 is 11.5 Å². The van der Waals surface area contributed by atoms with Gasteiger partial charge in [0.15, 0.2) is 0 Å². The second-order valence-corrected chi connectivity index (χ2v) is 5.51. The number of carboxylic acids is 1. The molecule has 0 saturated heterocycles. The third kappa shape index (κ3) is 4.75. The first-order chi connectivity index (χ1) is 9.77. The van der Waals surface area contributed by atoms with E-state index in [1.165, 1.54) is 4.90 Å². The fraction of sp³-hybridized carbons (Fsp3) is 0.467. The number of nitrogens with one attached hydrogen (secondary N) is 1. The molecule has 1 rings (SSSR count). The average Bonchev–Trinajstić information content (AvgIpc) is 2.45. The van der Waals surface area contributed by atoms with Crippen LogP contribution in [0.5, 0.6) is 0 Å². The summed E-state index contributed by atoms with van der Waals surface area (Å²) in [4.78, 5) is 24.3. The van der Waals surface area contributed by atoms with Gasteiger partial charge in [0.05, 0.1) is 12.1 Å². The summed E-state index contributed by atoms with van der Waals surface area (Å²) in [5.74, 6) is -0.880. The van der Waals surface area contributed by atoms with E-state index in [1.807, 2.05) is 0 Å². The standard InChI is InChI=1S/C15H22N2O4/c1-15(2,10-18)17(3)14(21)16-12-7-5-4-6-11(12)8-9-13(19)20/h4-7,18H,8-10H2,1-3H3,(H,16,21)(H,19,20). The summed E-state index contributed by atoms with van der Waals surface area (Å²) in [5.41, 5.74) is 0.674. The van der Waals surface area contributed by atoms with E-state index in [0.29, 0.717) is 12.1 Å². The van der Waals surface area contributed by atoms with Crippen LogP contribution in [0.15, 0.2) is 24.3 Å². The number of anilines is 1. The molecule has 0 aromatic heterocycles. The van der Waals surface area contributed by atoms with Crippen molar-refractivity contribution in [1.82, 2.24) is 4.90 Å². The van der Waals surface area contributed by atoms with Crippen LogP contribution in [0.2, 0.25) is 0 Å². The van der Waals surface area contributed by atoms with Gasteiger partial charge >= 0.3 is 12.0 Å². The normalized spacial score (nSPS) is 11.0. The third-order valence-electron chi connectivity index (χ3n) is 3.47. The SMILES string of the molecule is CN(C(=O)Nc1ccccc1CCC(=O)O)C(C)(C)CO. The Morgan fingerprint density at radius 3 is 2.48 bits per heavy atom. The number of amides is 2. The summed E-state index contributed by atoms with van der Waals surface area (Å²) in [5, 5.41) is 20.8. The lowest BCUT2D eigenvalue weighted by Crippen LogP contribution is -2.49. The summed E-state index contributed by atoms with van der Waals surface area (Å²) in [6, 6.07) is 6.74. The predicted octanol–water partition coefficient (Wildman–Crippen LogP) is 1.94. The first-order valence-corrected chi connectivity index (χ1v) is 6.73. The summed E-state index contributed by atoms with van der Waals surface area (Å²) in [6.07, 6.45) is 0.351. The molecule has 0 radical (unpaired) electrons. The predicted molar refractivity (Wildman–Crippen MR) is 80.3 cm³/mol. The Hall–Kier alpha value is -2.08. The maximum atomic E-state index is 12.2. The van der Waals surface area contributed by atoms with Gasteiger partial charge in [-0.1, -0.05) is 18.2 Å². The molecule has 3 N–H and O–H groups in total. The highest BCUT2D eigenvalue weighted by Gasteiger charge is 2.27. The highest BCUT2D eigenvalue weighted by Crippen LogP contribution is 2.19. The molecule has 0 aliphatic carbocycles. The van der Waals surface area contributed by atoms with Gasteiger partial charge in [0.2, 0.25) is 0 Å². The Balaban J connectivity index is 2.83. The topological polar surface area (TPSA) is 89.9 Å². The summed E-state index contributed by atoms with van der Waals surface area (Å²) in [6.45, 7) is 3.35. The van der Waals surface area contributed by atoms with Crippen LogP contribution in [-0.4, -0.2) is 46.3 Å². The van der Waals surface area contributed by atoms with Crippen molar-refractivity contribution < 1.29 is 19.8 Å². The lowest BCUT2D eigenvalue weighted by Gasteiger charge is -2.34. The van der Waals surface area contributed by atoms with Crippen molar-refractivity contribution in [2.75, 3.05) is 19.0 Å². The molecule has 1 aromatic rings. The summed E-state index contributed by atoms with van der Waals surface area (Å²) in [7, 11) is 1.60. The van der Waals surface area contributed by atoms with Gasteiger partial charge in [-0.05, 0) is 31.9 Å². The Morgan fingerprint density at radius 2 is 1.90 bits per heavy atom. The quantitative estimate of drug-likeness (QED) is 0.748. The minimum Gasteiger partial charge on any atom is -0.481 e. The first-order valence-electron chi connectivity index (χ1n) is 6.73. The molecule has 6 nitrogen and oxygen atoms in total. The number of carboxylic acid groups (broad SMARTS) is 1. The average molecular weight is 294 g/mol. The Bertz CT molecular complexity index is 514. The second-order valence-electron chi connectivity index (χ2n) is 5.51. The lowest BCUT2D eigenvalue weighted by molar-refractivity contribution is -0.136. The number of rotatable bonds is 6. The molecule has 116 valence electrons. The van der Waals surface area contributed by atoms with E-state index in [2.05, 4.69) is 5.32 Å². The Kier molecular flexibility index (Phi) is 5.72. The largest absolute Gasteiger partial charge is 0.481 e. The number of aliphatic carboxylic acids is 1. The number of urea groups is 1. The number of carbonyl (C=O) groups is 2. The van der Waals surface area contributed by atoms with Crippen LogP contribution in [0.4, 0.5) is 10.5 Å². The first kappa shape index (κ1) is 17.0. The molecule has 0 aliphatic heterocycles. The van der Waals surface area contributed by atoms with Gasteiger partial charge in [-0.2, -0.15) is 0 Å². The third-order valence-corrected chi connectivity index (χ3v) is 3.47. The molecule has 0 spiro atoms. The van der Waals surface area contributed by atoms with E-state index in [1.54, 1.807) is 45.2 Å². The number of carbonyl (C=O) groups excluding carboxylic acids is 1. The maximum absolute atomic E-state index is 12.2. The molecule has 1 aromatic carbocycles. The second kappa shape index (κ2) is 7.08. The van der Waals surface area contributed by atoms with Crippen molar-refractivity contribution in [3.8, 4) is 0 Å². The van der Waals surface area contributed by atoms with Gasteiger partial charge in [-0.25, -0.2) is 4.79 Å². The fourth-order valence-electron chi connectivity index (χ4n) is 1.68. The van der Waals surface area contributed by atoms with Gasteiger partial charge in [0, 0.05) is 19.2 Å². The van der Waals surface area contributed by atoms with E-state index in [-0.39, 0.29) is 19.1 Å². The molecule has 0 bridgehead atoms. The molecule has 21 heavy (non-hydrogen) atoms. The molecule has 0 fully saturated rings. The number of likely N-dealkylation sites (N-methyl/N-ethyl adjacent to an activating group) is 1. The monoisotopic (exact) mass is 294 g/mol. The number of hydrogen-bond acceptors (Lipinski definition) is 3. The zero-order valence-corrected chi connectivity index (χ0v) is 12.6. The number of hydrogen-bond donors (Lipinski definition) is 3. The summed E-state index contributed by atoms with van der Waals surface area (Å²) >= 11 is 0.